The van der Waals surface area contributed by atoms with E-state index in [1.807, 2.05) is 42.5 Å². The molecule has 1 heterocycles. The average molecular weight is 333 g/mol. The van der Waals surface area contributed by atoms with Crippen LogP contribution in [-0.4, -0.2) is 26.3 Å². The molecule has 0 unspecified atom stereocenters. The average Bonchev–Trinajstić information content (AvgIpc) is 3.10. The lowest BCUT2D eigenvalue weighted by Crippen LogP contribution is -1.90. The van der Waals surface area contributed by atoms with Gasteiger partial charge in [0.15, 0.2) is 0 Å². The number of ether oxygens (including phenoxy) is 3. The van der Waals surface area contributed by atoms with Crippen LogP contribution in [0.1, 0.15) is 0 Å². The fraction of sp³-hybridized carbons (Fsp3) is 0.143. The van der Waals surface area contributed by atoms with Gasteiger partial charge in [-0.05, 0) is 48.0 Å². The van der Waals surface area contributed by atoms with E-state index >= 15 is 0 Å². The summed E-state index contributed by atoms with van der Waals surface area (Å²) >= 11 is 0. The fourth-order valence-corrected chi connectivity index (χ4v) is 3.27. The van der Waals surface area contributed by atoms with Crippen molar-refractivity contribution in [2.45, 2.75) is 0 Å². The van der Waals surface area contributed by atoms with Crippen LogP contribution in [0.5, 0.6) is 17.2 Å². The molecule has 25 heavy (non-hydrogen) atoms. The lowest BCUT2D eigenvalue weighted by atomic mass is 10.1. The molecule has 4 nitrogen and oxygen atoms in total. The molecule has 0 bridgehead atoms. The van der Waals surface area contributed by atoms with E-state index in [2.05, 4.69) is 17.1 Å². The van der Waals surface area contributed by atoms with Crippen molar-refractivity contribution in [3.63, 3.8) is 0 Å². The van der Waals surface area contributed by atoms with Crippen molar-refractivity contribution in [1.82, 2.24) is 4.98 Å². The quantitative estimate of drug-likeness (QED) is 0.570. The monoisotopic (exact) mass is 333 g/mol. The van der Waals surface area contributed by atoms with Crippen LogP contribution in [-0.2, 0) is 0 Å². The maximum atomic E-state index is 5.59. The van der Waals surface area contributed by atoms with E-state index in [4.69, 9.17) is 14.2 Å². The predicted octanol–water partition coefficient (Wildman–Crippen LogP) is 5.01. The highest BCUT2D eigenvalue weighted by Gasteiger charge is 2.14. The second-order valence-corrected chi connectivity index (χ2v) is 5.84. The van der Waals surface area contributed by atoms with Crippen molar-refractivity contribution >= 4 is 21.7 Å². The first kappa shape index (κ1) is 15.4. The molecule has 0 spiro atoms. The minimum Gasteiger partial charge on any atom is -0.497 e. The number of hydrogen-bond acceptors (Lipinski definition) is 3. The SMILES string of the molecule is COc1ccc(-c2cc3cc(OC)c4cccc(OC)c4c3[nH]2)cc1. The van der Waals surface area contributed by atoms with Crippen molar-refractivity contribution in [2.75, 3.05) is 21.3 Å². The molecule has 126 valence electrons. The summed E-state index contributed by atoms with van der Waals surface area (Å²) in [5.74, 6) is 2.50. The van der Waals surface area contributed by atoms with E-state index in [9.17, 15) is 0 Å². The van der Waals surface area contributed by atoms with Gasteiger partial charge in [0, 0.05) is 16.5 Å². The van der Waals surface area contributed by atoms with Crippen LogP contribution in [0, 0.1) is 0 Å². The second-order valence-electron chi connectivity index (χ2n) is 5.84. The van der Waals surface area contributed by atoms with Gasteiger partial charge in [-0.15, -0.1) is 0 Å². The molecule has 0 radical (unpaired) electrons. The van der Waals surface area contributed by atoms with Crippen LogP contribution in [0.25, 0.3) is 32.9 Å². The van der Waals surface area contributed by atoms with Gasteiger partial charge in [0.25, 0.3) is 0 Å². The van der Waals surface area contributed by atoms with Crippen LogP contribution < -0.4 is 14.2 Å². The Morgan fingerprint density at radius 1 is 0.760 bits per heavy atom. The third-order valence-electron chi connectivity index (χ3n) is 4.52. The van der Waals surface area contributed by atoms with E-state index < -0.39 is 0 Å². The fourth-order valence-electron chi connectivity index (χ4n) is 3.27. The van der Waals surface area contributed by atoms with Gasteiger partial charge in [0.2, 0.25) is 0 Å². The van der Waals surface area contributed by atoms with Gasteiger partial charge >= 0.3 is 0 Å². The van der Waals surface area contributed by atoms with E-state index in [0.717, 1.165) is 50.2 Å². The number of aromatic nitrogens is 1. The van der Waals surface area contributed by atoms with Crippen molar-refractivity contribution in [2.24, 2.45) is 0 Å². The van der Waals surface area contributed by atoms with Crippen LogP contribution in [0.3, 0.4) is 0 Å². The predicted molar refractivity (Wildman–Crippen MR) is 101 cm³/mol. The van der Waals surface area contributed by atoms with Gasteiger partial charge in [0.1, 0.15) is 17.2 Å². The number of nitrogens with one attached hydrogen (secondary N) is 1. The Morgan fingerprint density at radius 3 is 2.20 bits per heavy atom. The van der Waals surface area contributed by atoms with Gasteiger partial charge in [-0.3, -0.25) is 0 Å². The summed E-state index contributed by atoms with van der Waals surface area (Å²) in [5.41, 5.74) is 3.18. The van der Waals surface area contributed by atoms with E-state index in [-0.39, 0.29) is 0 Å². The molecule has 1 N–H and O–H groups in total. The number of benzene rings is 3. The molecular formula is C21H19NO3. The smallest absolute Gasteiger partial charge is 0.128 e. The highest BCUT2D eigenvalue weighted by molar-refractivity contribution is 6.12. The molecule has 0 aliphatic carbocycles. The third-order valence-corrected chi connectivity index (χ3v) is 4.52. The molecular weight excluding hydrogens is 314 g/mol. The van der Waals surface area contributed by atoms with Crippen molar-refractivity contribution in [3.05, 3.63) is 54.6 Å². The number of methoxy groups -OCH3 is 3. The minimum absolute atomic E-state index is 0.824. The first-order valence-corrected chi connectivity index (χ1v) is 8.06. The Kier molecular flexibility index (Phi) is 3.73. The summed E-state index contributed by atoms with van der Waals surface area (Å²) in [6.07, 6.45) is 0. The molecule has 4 rings (SSSR count). The van der Waals surface area contributed by atoms with E-state index in [0.29, 0.717) is 0 Å². The molecule has 0 aliphatic rings. The van der Waals surface area contributed by atoms with E-state index in [1.54, 1.807) is 21.3 Å². The molecule has 3 aromatic carbocycles. The highest BCUT2D eigenvalue weighted by atomic mass is 16.5. The standard InChI is InChI=1S/C21H19NO3/c1-23-15-9-7-13(8-10-15)17-11-14-12-19(25-3)16-5-4-6-18(24-2)20(16)21(14)22-17/h4-12,22H,1-3H3. The van der Waals surface area contributed by atoms with Gasteiger partial charge in [-0.1, -0.05) is 12.1 Å². The summed E-state index contributed by atoms with van der Waals surface area (Å²) in [5, 5.41) is 3.14. The molecule has 0 atom stereocenters. The maximum absolute atomic E-state index is 5.59. The highest BCUT2D eigenvalue weighted by Crippen LogP contribution is 2.40. The number of rotatable bonds is 4. The normalized spacial score (nSPS) is 11.0. The molecule has 0 aliphatic heterocycles. The van der Waals surface area contributed by atoms with Crippen molar-refractivity contribution in [3.8, 4) is 28.5 Å². The Balaban J connectivity index is 1.99. The number of H-pyrrole nitrogens is 1. The zero-order valence-electron chi connectivity index (χ0n) is 14.4. The molecule has 4 heteroatoms. The van der Waals surface area contributed by atoms with Crippen molar-refractivity contribution in [1.29, 1.82) is 0 Å². The van der Waals surface area contributed by atoms with Crippen LogP contribution in [0.4, 0.5) is 0 Å². The molecule has 0 fully saturated rings. The first-order chi connectivity index (χ1) is 12.2. The Bertz CT molecular complexity index is 1050. The molecule has 1 aromatic heterocycles. The van der Waals surface area contributed by atoms with E-state index in [1.165, 1.54) is 0 Å². The molecule has 0 saturated carbocycles. The number of fused-ring (bicyclic) bond motifs is 3. The molecule has 0 saturated heterocycles. The second kappa shape index (κ2) is 6.06. The van der Waals surface area contributed by atoms with Crippen LogP contribution in [0.15, 0.2) is 54.6 Å². The zero-order valence-corrected chi connectivity index (χ0v) is 14.4. The van der Waals surface area contributed by atoms with Gasteiger partial charge in [0.05, 0.1) is 32.2 Å². The maximum Gasteiger partial charge on any atom is 0.128 e. The number of hydrogen-bond donors (Lipinski definition) is 1. The third kappa shape index (κ3) is 2.47. The summed E-state index contributed by atoms with van der Waals surface area (Å²) in [6, 6.07) is 18.2. The lowest BCUT2D eigenvalue weighted by molar-refractivity contribution is 0.415. The van der Waals surface area contributed by atoms with Crippen molar-refractivity contribution < 1.29 is 14.2 Å². The largest absolute Gasteiger partial charge is 0.497 e. The molecule has 0 amide bonds. The summed E-state index contributed by atoms with van der Waals surface area (Å²) in [6.45, 7) is 0. The van der Waals surface area contributed by atoms with Gasteiger partial charge in [-0.25, -0.2) is 0 Å². The van der Waals surface area contributed by atoms with Crippen LogP contribution in [0.2, 0.25) is 0 Å². The summed E-state index contributed by atoms with van der Waals surface area (Å²) < 4.78 is 16.4. The Morgan fingerprint density at radius 2 is 1.52 bits per heavy atom. The zero-order chi connectivity index (χ0) is 17.4. The summed E-state index contributed by atoms with van der Waals surface area (Å²) in [4.78, 5) is 3.54. The first-order valence-electron chi connectivity index (χ1n) is 8.06. The lowest BCUT2D eigenvalue weighted by Gasteiger charge is -2.10. The Labute approximate surface area is 145 Å². The summed E-state index contributed by atoms with van der Waals surface area (Å²) in [7, 11) is 5.05. The van der Waals surface area contributed by atoms with Gasteiger partial charge in [-0.2, -0.15) is 0 Å². The number of aromatic amines is 1. The Hall–Kier alpha value is -3.14. The van der Waals surface area contributed by atoms with Gasteiger partial charge < -0.3 is 19.2 Å². The minimum atomic E-state index is 0.824. The topological polar surface area (TPSA) is 43.5 Å². The van der Waals surface area contributed by atoms with Crippen LogP contribution >= 0.6 is 0 Å². The molecule has 4 aromatic rings.